The van der Waals surface area contributed by atoms with E-state index in [2.05, 4.69) is 0 Å². The molecule has 0 aromatic carbocycles. The lowest BCUT2D eigenvalue weighted by molar-refractivity contribution is -0.141. The maximum absolute atomic E-state index is 12.4. The van der Waals surface area contributed by atoms with Gasteiger partial charge in [0.1, 0.15) is 0 Å². The van der Waals surface area contributed by atoms with Crippen molar-refractivity contribution in [1.82, 2.24) is 9.80 Å². The van der Waals surface area contributed by atoms with Crippen LogP contribution in [0.2, 0.25) is 0 Å². The fourth-order valence-electron chi connectivity index (χ4n) is 2.83. The van der Waals surface area contributed by atoms with Crippen molar-refractivity contribution in [3.8, 4) is 0 Å². The minimum atomic E-state index is -0.855. The van der Waals surface area contributed by atoms with Gasteiger partial charge in [-0.2, -0.15) is 0 Å². The highest BCUT2D eigenvalue weighted by molar-refractivity contribution is 5.75. The van der Waals surface area contributed by atoms with Gasteiger partial charge in [0.2, 0.25) is 0 Å². The van der Waals surface area contributed by atoms with Crippen LogP contribution < -0.4 is 0 Å². The van der Waals surface area contributed by atoms with Gasteiger partial charge in [0.05, 0.1) is 5.92 Å². The SMILES string of the molecule is CCN(CC(C)C(=O)O)C(=O)N(C)CC1CCCCC1. The highest BCUT2D eigenvalue weighted by Crippen LogP contribution is 2.24. The first-order valence-corrected chi connectivity index (χ1v) is 7.68. The zero-order chi connectivity index (χ0) is 15.1. The normalized spacial score (nSPS) is 17.6. The second-order valence-electron chi connectivity index (χ2n) is 5.95. The Morgan fingerprint density at radius 3 is 2.35 bits per heavy atom. The van der Waals surface area contributed by atoms with E-state index in [1.807, 2.05) is 14.0 Å². The Balaban J connectivity index is 2.49. The molecule has 2 amide bonds. The molecule has 1 atom stereocenters. The number of carbonyl (C=O) groups is 2. The summed E-state index contributed by atoms with van der Waals surface area (Å²) in [6.07, 6.45) is 6.25. The molecule has 1 fully saturated rings. The van der Waals surface area contributed by atoms with Crippen LogP contribution in [0.4, 0.5) is 4.79 Å². The summed E-state index contributed by atoms with van der Waals surface area (Å²) in [6, 6.07) is -0.0498. The molecule has 0 spiro atoms. The monoisotopic (exact) mass is 284 g/mol. The van der Waals surface area contributed by atoms with E-state index in [9.17, 15) is 9.59 Å². The van der Waals surface area contributed by atoms with Crippen LogP contribution in [0.5, 0.6) is 0 Å². The van der Waals surface area contributed by atoms with Crippen molar-refractivity contribution >= 4 is 12.0 Å². The number of urea groups is 1. The summed E-state index contributed by atoms with van der Waals surface area (Å²) < 4.78 is 0. The van der Waals surface area contributed by atoms with Crippen LogP contribution in [0, 0.1) is 11.8 Å². The van der Waals surface area contributed by atoms with Crippen molar-refractivity contribution in [2.75, 3.05) is 26.7 Å². The molecule has 0 heterocycles. The predicted molar refractivity (Wildman–Crippen MR) is 78.6 cm³/mol. The van der Waals surface area contributed by atoms with Gasteiger partial charge in [0, 0.05) is 26.7 Å². The molecule has 1 rings (SSSR count). The van der Waals surface area contributed by atoms with Crippen molar-refractivity contribution < 1.29 is 14.7 Å². The number of amides is 2. The van der Waals surface area contributed by atoms with E-state index in [1.54, 1.807) is 16.7 Å². The molecule has 0 aliphatic heterocycles. The summed E-state index contributed by atoms with van der Waals surface area (Å²) in [5, 5.41) is 8.96. The Kier molecular flexibility index (Phi) is 6.82. The van der Waals surface area contributed by atoms with Crippen LogP contribution in [0.3, 0.4) is 0 Å². The van der Waals surface area contributed by atoms with E-state index in [4.69, 9.17) is 5.11 Å². The molecule has 1 unspecified atom stereocenters. The molecule has 0 saturated heterocycles. The summed E-state index contributed by atoms with van der Waals surface area (Å²) in [5.41, 5.74) is 0. The summed E-state index contributed by atoms with van der Waals surface area (Å²) in [4.78, 5) is 26.7. The first kappa shape index (κ1) is 16.8. The Labute approximate surface area is 121 Å². The van der Waals surface area contributed by atoms with Gasteiger partial charge in [-0.3, -0.25) is 4.79 Å². The number of rotatable bonds is 6. The van der Waals surface area contributed by atoms with Crippen molar-refractivity contribution in [3.63, 3.8) is 0 Å². The van der Waals surface area contributed by atoms with Crippen LogP contribution in [0.25, 0.3) is 0 Å². The van der Waals surface area contributed by atoms with E-state index >= 15 is 0 Å². The van der Waals surface area contributed by atoms with Gasteiger partial charge < -0.3 is 14.9 Å². The van der Waals surface area contributed by atoms with Crippen molar-refractivity contribution in [1.29, 1.82) is 0 Å². The molecule has 0 radical (unpaired) electrons. The maximum Gasteiger partial charge on any atom is 0.319 e. The number of hydrogen-bond acceptors (Lipinski definition) is 2. The third-order valence-corrected chi connectivity index (χ3v) is 4.15. The molecule has 5 heteroatoms. The number of nitrogens with zero attached hydrogens (tertiary/aromatic N) is 2. The predicted octanol–water partition coefficient (Wildman–Crippen LogP) is 2.66. The van der Waals surface area contributed by atoms with Crippen LogP contribution in [-0.4, -0.2) is 53.6 Å². The Hall–Kier alpha value is -1.26. The molecule has 1 N–H and O–H groups in total. The summed E-state index contributed by atoms with van der Waals surface area (Å²) in [6.45, 7) is 5.14. The minimum Gasteiger partial charge on any atom is -0.481 e. The topological polar surface area (TPSA) is 60.9 Å². The van der Waals surface area contributed by atoms with E-state index < -0.39 is 11.9 Å². The number of carbonyl (C=O) groups excluding carboxylic acids is 1. The lowest BCUT2D eigenvalue weighted by Gasteiger charge is -2.32. The number of carboxylic acids is 1. The molecule has 0 bridgehead atoms. The highest BCUT2D eigenvalue weighted by atomic mass is 16.4. The van der Waals surface area contributed by atoms with Gasteiger partial charge in [-0.05, 0) is 25.7 Å². The second-order valence-corrected chi connectivity index (χ2v) is 5.95. The zero-order valence-corrected chi connectivity index (χ0v) is 13.0. The molecule has 1 saturated carbocycles. The first-order chi connectivity index (χ1) is 9.45. The maximum atomic E-state index is 12.4. The number of carboxylic acid groups (broad SMARTS) is 1. The van der Waals surface area contributed by atoms with Crippen molar-refractivity contribution in [2.24, 2.45) is 11.8 Å². The third-order valence-electron chi connectivity index (χ3n) is 4.15. The largest absolute Gasteiger partial charge is 0.481 e. The van der Waals surface area contributed by atoms with Crippen LogP contribution in [-0.2, 0) is 4.79 Å². The lowest BCUT2D eigenvalue weighted by atomic mass is 9.89. The molecule has 116 valence electrons. The lowest BCUT2D eigenvalue weighted by Crippen LogP contribution is -2.45. The van der Waals surface area contributed by atoms with Gasteiger partial charge in [-0.25, -0.2) is 4.79 Å². The quantitative estimate of drug-likeness (QED) is 0.815. The molecule has 0 aromatic rings. The first-order valence-electron chi connectivity index (χ1n) is 7.68. The minimum absolute atomic E-state index is 0.0498. The summed E-state index contributed by atoms with van der Waals surface area (Å²) in [5.74, 6) is -0.776. The van der Waals surface area contributed by atoms with Crippen LogP contribution in [0.15, 0.2) is 0 Å². The van der Waals surface area contributed by atoms with E-state index in [1.165, 1.54) is 32.1 Å². The van der Waals surface area contributed by atoms with Gasteiger partial charge in [0.15, 0.2) is 0 Å². The van der Waals surface area contributed by atoms with E-state index in [0.29, 0.717) is 12.5 Å². The van der Waals surface area contributed by atoms with Gasteiger partial charge in [-0.15, -0.1) is 0 Å². The molecule has 20 heavy (non-hydrogen) atoms. The number of aliphatic carboxylic acids is 1. The molecular formula is C15H28N2O3. The Bertz CT molecular complexity index is 327. The van der Waals surface area contributed by atoms with Crippen LogP contribution >= 0.6 is 0 Å². The average Bonchev–Trinajstić information content (AvgIpc) is 2.44. The zero-order valence-electron chi connectivity index (χ0n) is 13.0. The molecule has 0 aromatic heterocycles. The fraction of sp³-hybridized carbons (Fsp3) is 0.867. The summed E-state index contributed by atoms with van der Waals surface area (Å²) in [7, 11) is 1.82. The average molecular weight is 284 g/mol. The van der Waals surface area contributed by atoms with Crippen molar-refractivity contribution in [2.45, 2.75) is 46.0 Å². The molecule has 1 aliphatic rings. The van der Waals surface area contributed by atoms with Gasteiger partial charge in [-0.1, -0.05) is 26.2 Å². The molecule has 5 nitrogen and oxygen atoms in total. The van der Waals surface area contributed by atoms with Crippen LogP contribution in [0.1, 0.15) is 46.0 Å². The highest BCUT2D eigenvalue weighted by Gasteiger charge is 2.24. The standard InChI is InChI=1S/C15H28N2O3/c1-4-17(10-12(2)14(18)19)15(20)16(3)11-13-8-6-5-7-9-13/h12-13H,4-11H2,1-3H3,(H,18,19). The van der Waals surface area contributed by atoms with Gasteiger partial charge >= 0.3 is 12.0 Å². The smallest absolute Gasteiger partial charge is 0.319 e. The Morgan fingerprint density at radius 1 is 1.25 bits per heavy atom. The number of hydrogen-bond donors (Lipinski definition) is 1. The second kappa shape index (κ2) is 8.12. The van der Waals surface area contributed by atoms with E-state index in [-0.39, 0.29) is 12.6 Å². The molecule has 1 aliphatic carbocycles. The van der Waals surface area contributed by atoms with Crippen molar-refractivity contribution in [3.05, 3.63) is 0 Å². The third kappa shape index (κ3) is 5.02. The van der Waals surface area contributed by atoms with E-state index in [0.717, 1.165) is 6.54 Å². The summed E-state index contributed by atoms with van der Waals surface area (Å²) >= 11 is 0. The van der Waals surface area contributed by atoms with Gasteiger partial charge in [0.25, 0.3) is 0 Å². The Morgan fingerprint density at radius 2 is 1.85 bits per heavy atom. The molecular weight excluding hydrogens is 256 g/mol. The fourth-order valence-corrected chi connectivity index (χ4v) is 2.83.